The molecule has 19 heavy (non-hydrogen) atoms. The van der Waals surface area contributed by atoms with Crippen LogP contribution >= 0.6 is 0 Å². The summed E-state index contributed by atoms with van der Waals surface area (Å²) in [6.07, 6.45) is 3.76. The van der Waals surface area contributed by atoms with E-state index in [1.807, 2.05) is 6.92 Å². The number of nitrogens with zero attached hydrogens (tertiary/aromatic N) is 3. The third-order valence-corrected chi connectivity index (χ3v) is 2.71. The Hall–Kier alpha value is -2.51. The number of H-pyrrole nitrogens is 2. The van der Waals surface area contributed by atoms with Gasteiger partial charge in [0.25, 0.3) is 5.56 Å². The molecule has 0 spiro atoms. The van der Waals surface area contributed by atoms with Crippen molar-refractivity contribution in [2.24, 2.45) is 0 Å². The van der Waals surface area contributed by atoms with Crippen molar-refractivity contribution in [2.45, 2.75) is 26.3 Å². The van der Waals surface area contributed by atoms with Crippen molar-refractivity contribution in [3.05, 3.63) is 44.0 Å². The molecule has 0 saturated carbocycles. The van der Waals surface area contributed by atoms with E-state index in [4.69, 9.17) is 5.41 Å². The van der Waals surface area contributed by atoms with Gasteiger partial charge in [-0.3, -0.25) is 9.78 Å². The summed E-state index contributed by atoms with van der Waals surface area (Å²) in [4.78, 5) is 27.8. The second-order valence-corrected chi connectivity index (χ2v) is 4.03. The summed E-state index contributed by atoms with van der Waals surface area (Å²) in [6, 6.07) is 0. The molecular formula is C11H14N6O2. The number of aromatic nitrogens is 5. The van der Waals surface area contributed by atoms with Gasteiger partial charge in [-0.15, -0.1) is 5.10 Å². The van der Waals surface area contributed by atoms with Crippen molar-refractivity contribution in [3.8, 4) is 0 Å². The van der Waals surface area contributed by atoms with E-state index in [1.165, 1.54) is 10.9 Å². The molecule has 0 bridgehead atoms. The maximum atomic E-state index is 11.6. The van der Waals surface area contributed by atoms with E-state index in [0.717, 1.165) is 0 Å². The average molecular weight is 262 g/mol. The molecule has 3 N–H and O–H groups in total. The van der Waals surface area contributed by atoms with Crippen LogP contribution in [0.2, 0.25) is 0 Å². The molecule has 100 valence electrons. The molecule has 0 aliphatic rings. The summed E-state index contributed by atoms with van der Waals surface area (Å²) in [6.45, 7) is 2.19. The fourth-order valence-electron chi connectivity index (χ4n) is 1.87. The third-order valence-electron chi connectivity index (χ3n) is 2.71. The highest BCUT2D eigenvalue weighted by Crippen LogP contribution is 2.05. The van der Waals surface area contributed by atoms with E-state index < -0.39 is 5.69 Å². The van der Waals surface area contributed by atoms with E-state index >= 15 is 0 Å². The lowest BCUT2D eigenvalue weighted by Crippen LogP contribution is -2.28. The van der Waals surface area contributed by atoms with Gasteiger partial charge >= 0.3 is 5.69 Å². The minimum atomic E-state index is -0.524. The van der Waals surface area contributed by atoms with E-state index in [9.17, 15) is 9.59 Å². The van der Waals surface area contributed by atoms with E-state index in [1.54, 1.807) is 6.20 Å². The van der Waals surface area contributed by atoms with Crippen LogP contribution in [0.3, 0.4) is 0 Å². The molecule has 0 unspecified atom stereocenters. The van der Waals surface area contributed by atoms with Gasteiger partial charge in [0.2, 0.25) is 0 Å². The molecular weight excluding hydrogens is 248 g/mol. The minimum absolute atomic E-state index is 0.334. The highest BCUT2D eigenvalue weighted by molar-refractivity contribution is 5.52. The smallest absolute Gasteiger partial charge is 0.311 e. The van der Waals surface area contributed by atoms with Crippen molar-refractivity contribution in [1.29, 1.82) is 5.41 Å². The zero-order chi connectivity index (χ0) is 13.8. The average Bonchev–Trinajstić information content (AvgIpc) is 2.76. The zero-order valence-corrected chi connectivity index (χ0v) is 10.4. The molecule has 0 radical (unpaired) electrons. The molecule has 0 aliphatic heterocycles. The normalized spacial score (nSPS) is 10.6. The highest BCUT2D eigenvalue weighted by Gasteiger charge is 2.10. The maximum Gasteiger partial charge on any atom is 0.325 e. The monoisotopic (exact) mass is 262 g/mol. The third kappa shape index (κ3) is 2.84. The van der Waals surface area contributed by atoms with E-state index in [-0.39, 0.29) is 5.56 Å². The number of nitrogens with one attached hydrogen (secondary N) is 3. The van der Waals surface area contributed by atoms with Crippen LogP contribution in [0.1, 0.15) is 23.9 Å². The lowest BCUT2D eigenvalue weighted by Gasteiger charge is -2.03. The number of hydrogen-bond donors (Lipinski definition) is 3. The van der Waals surface area contributed by atoms with Gasteiger partial charge in [0, 0.05) is 30.1 Å². The molecule has 0 amide bonds. The van der Waals surface area contributed by atoms with Crippen LogP contribution in [0.25, 0.3) is 0 Å². The lowest BCUT2D eigenvalue weighted by atomic mass is 10.1. The van der Waals surface area contributed by atoms with E-state index in [0.29, 0.717) is 36.3 Å². The van der Waals surface area contributed by atoms with Gasteiger partial charge < -0.3 is 10.4 Å². The predicted molar refractivity (Wildman–Crippen MR) is 68.7 cm³/mol. The largest absolute Gasteiger partial charge is 0.325 e. The second-order valence-electron chi connectivity index (χ2n) is 4.03. The number of aromatic amines is 2. The van der Waals surface area contributed by atoms with Crippen molar-refractivity contribution in [2.75, 3.05) is 0 Å². The van der Waals surface area contributed by atoms with Gasteiger partial charge in [-0.2, -0.15) is 0 Å². The van der Waals surface area contributed by atoms with Crippen LogP contribution in [0.4, 0.5) is 0 Å². The van der Waals surface area contributed by atoms with Crippen LogP contribution < -0.4 is 11.2 Å². The summed E-state index contributed by atoms with van der Waals surface area (Å²) in [5, 5.41) is 14.8. The molecule has 2 heterocycles. The van der Waals surface area contributed by atoms with Gasteiger partial charge in [-0.25, -0.2) is 9.48 Å². The molecule has 0 atom stereocenters. The first-order chi connectivity index (χ1) is 9.13. The summed E-state index contributed by atoms with van der Waals surface area (Å²) in [7, 11) is 0. The maximum absolute atomic E-state index is 11.6. The van der Waals surface area contributed by atoms with Crippen LogP contribution in [-0.4, -0.2) is 31.2 Å². The summed E-state index contributed by atoms with van der Waals surface area (Å²) in [5.74, 6) is 0. The van der Waals surface area contributed by atoms with Crippen LogP contribution in [-0.2, 0) is 19.4 Å². The molecule has 2 aromatic heterocycles. The lowest BCUT2D eigenvalue weighted by molar-refractivity contribution is 0.684. The Bertz CT molecular complexity index is 696. The van der Waals surface area contributed by atoms with Crippen LogP contribution in [0.15, 0.2) is 15.8 Å². The van der Waals surface area contributed by atoms with Crippen molar-refractivity contribution < 1.29 is 0 Å². The molecule has 0 aromatic carbocycles. The SMILES string of the molecule is CCc1c(Cc2cn(CC=N)nn2)[nH]c(=O)[nH]c1=O. The Morgan fingerprint density at radius 3 is 2.89 bits per heavy atom. The topological polar surface area (TPSA) is 120 Å². The van der Waals surface area contributed by atoms with Crippen LogP contribution in [0.5, 0.6) is 0 Å². The van der Waals surface area contributed by atoms with Crippen molar-refractivity contribution in [3.63, 3.8) is 0 Å². The first-order valence-corrected chi connectivity index (χ1v) is 5.86. The fourth-order valence-corrected chi connectivity index (χ4v) is 1.87. The molecule has 2 aromatic rings. The Morgan fingerprint density at radius 2 is 2.21 bits per heavy atom. The minimum Gasteiger partial charge on any atom is -0.311 e. The van der Waals surface area contributed by atoms with Gasteiger partial charge in [0.05, 0.1) is 12.2 Å². The first kappa shape index (κ1) is 12.9. The quantitative estimate of drug-likeness (QED) is 0.626. The Labute approximate surface area is 108 Å². The van der Waals surface area contributed by atoms with Crippen molar-refractivity contribution in [1.82, 2.24) is 25.0 Å². The Kier molecular flexibility index (Phi) is 3.69. The first-order valence-electron chi connectivity index (χ1n) is 5.86. The summed E-state index contributed by atoms with van der Waals surface area (Å²) < 4.78 is 1.51. The molecule has 0 aliphatic carbocycles. The van der Waals surface area contributed by atoms with Crippen molar-refractivity contribution >= 4 is 6.21 Å². The number of hydrogen-bond acceptors (Lipinski definition) is 5. The Morgan fingerprint density at radius 1 is 1.42 bits per heavy atom. The molecule has 0 fully saturated rings. The Balaban J connectivity index is 2.34. The molecule has 2 rings (SSSR count). The predicted octanol–water partition coefficient (Wildman–Crippen LogP) is -0.543. The van der Waals surface area contributed by atoms with Gasteiger partial charge in [0.15, 0.2) is 0 Å². The van der Waals surface area contributed by atoms with Crippen LogP contribution in [0, 0.1) is 5.41 Å². The fraction of sp³-hybridized carbons (Fsp3) is 0.364. The number of rotatable bonds is 5. The summed E-state index contributed by atoms with van der Waals surface area (Å²) >= 11 is 0. The molecule has 8 heteroatoms. The van der Waals surface area contributed by atoms with Gasteiger partial charge in [-0.05, 0) is 6.42 Å². The van der Waals surface area contributed by atoms with E-state index in [2.05, 4.69) is 20.3 Å². The molecule has 0 saturated heterocycles. The standard InChI is InChI=1S/C11H14N6O2/c1-2-8-9(13-11(19)14-10(8)18)5-7-6-17(4-3-12)16-15-7/h3,6,12H,2,4-5H2,1H3,(H2,13,14,18,19). The van der Waals surface area contributed by atoms with Gasteiger partial charge in [0.1, 0.15) is 0 Å². The summed E-state index contributed by atoms with van der Waals surface area (Å²) in [5.41, 5.74) is 0.842. The zero-order valence-electron chi connectivity index (χ0n) is 10.4. The second kappa shape index (κ2) is 5.42. The van der Waals surface area contributed by atoms with Gasteiger partial charge in [-0.1, -0.05) is 12.1 Å². The highest BCUT2D eigenvalue weighted by atomic mass is 16.2. The molecule has 8 nitrogen and oxygen atoms in total.